The van der Waals surface area contributed by atoms with Crippen LogP contribution in [-0.2, 0) is 11.2 Å². The van der Waals surface area contributed by atoms with Crippen molar-refractivity contribution in [2.45, 2.75) is 51.9 Å². The topological polar surface area (TPSA) is 47.6 Å². The molecular weight excluding hydrogens is 302 g/mol. The molecule has 1 amide bonds. The van der Waals surface area contributed by atoms with Gasteiger partial charge in [-0.2, -0.15) is 0 Å². The first-order valence-electron chi connectivity index (χ1n) is 8.86. The number of amides is 1. The number of benzene rings is 1. The summed E-state index contributed by atoms with van der Waals surface area (Å²) in [6, 6.07) is 5.81. The van der Waals surface area contributed by atoms with E-state index in [2.05, 4.69) is 12.2 Å². The van der Waals surface area contributed by atoms with Gasteiger partial charge in [-0.05, 0) is 43.0 Å². The number of carbonyl (C=O) groups excluding carboxylic acids is 1. The lowest BCUT2D eigenvalue weighted by atomic mass is 10.1. The van der Waals surface area contributed by atoms with Crippen LogP contribution in [0.5, 0.6) is 11.5 Å². The summed E-state index contributed by atoms with van der Waals surface area (Å²) in [6.45, 7) is 2.82. The van der Waals surface area contributed by atoms with Gasteiger partial charge in [0.25, 0.3) is 0 Å². The van der Waals surface area contributed by atoms with Gasteiger partial charge in [0.2, 0.25) is 5.91 Å². The average molecular weight is 333 g/mol. The zero-order valence-electron chi connectivity index (χ0n) is 15.3. The summed E-state index contributed by atoms with van der Waals surface area (Å²) in [5.41, 5.74) is 1.10. The Balaban J connectivity index is 2.23. The maximum atomic E-state index is 11.7. The number of nitrogens with one attached hydrogen (secondary N) is 1. The summed E-state index contributed by atoms with van der Waals surface area (Å²) in [5.74, 6) is 1.40. The van der Waals surface area contributed by atoms with Crippen LogP contribution in [0.4, 0.5) is 0 Å². The number of carbonyl (C=O) groups is 1. The third kappa shape index (κ3) is 8.04. The molecule has 134 valence electrons. The van der Waals surface area contributed by atoms with Crippen molar-refractivity contribution in [3.8, 4) is 11.5 Å². The second-order valence-corrected chi connectivity index (χ2v) is 5.84. The number of hydrogen-bond acceptors (Lipinski definition) is 3. The van der Waals surface area contributed by atoms with Crippen molar-refractivity contribution in [2.75, 3.05) is 20.8 Å². The van der Waals surface area contributed by atoms with Crippen LogP contribution in [0.2, 0.25) is 0 Å². The highest BCUT2D eigenvalue weighted by Gasteiger charge is 2.04. The second-order valence-electron chi connectivity index (χ2n) is 5.84. The highest BCUT2D eigenvalue weighted by atomic mass is 16.5. The summed E-state index contributed by atoms with van der Waals surface area (Å²) in [6.07, 6.45) is 11.6. The fraction of sp³-hybridized carbons (Fsp3) is 0.550. The summed E-state index contributed by atoms with van der Waals surface area (Å²) in [4.78, 5) is 11.7. The quantitative estimate of drug-likeness (QED) is 0.459. The zero-order valence-corrected chi connectivity index (χ0v) is 15.3. The molecule has 0 bridgehead atoms. The number of unbranched alkanes of at least 4 members (excludes halogenated alkanes) is 5. The van der Waals surface area contributed by atoms with Crippen molar-refractivity contribution in [3.63, 3.8) is 0 Å². The molecule has 4 heteroatoms. The zero-order chi connectivity index (χ0) is 17.6. The molecule has 1 aromatic rings. The van der Waals surface area contributed by atoms with Crippen LogP contribution >= 0.6 is 0 Å². The SMILES string of the molecule is CCCCCCC/C=C/C(=O)NCCc1ccc(OC)c(OC)c1. The monoisotopic (exact) mass is 333 g/mol. The molecule has 1 N–H and O–H groups in total. The van der Waals surface area contributed by atoms with Crippen molar-refractivity contribution in [1.82, 2.24) is 5.32 Å². The molecule has 0 atom stereocenters. The minimum Gasteiger partial charge on any atom is -0.493 e. The normalized spacial score (nSPS) is 10.8. The summed E-state index contributed by atoms with van der Waals surface area (Å²) >= 11 is 0. The van der Waals surface area contributed by atoms with E-state index in [0.29, 0.717) is 18.0 Å². The van der Waals surface area contributed by atoms with E-state index >= 15 is 0 Å². The molecule has 0 saturated carbocycles. The van der Waals surface area contributed by atoms with Crippen LogP contribution < -0.4 is 14.8 Å². The first-order chi connectivity index (χ1) is 11.7. The van der Waals surface area contributed by atoms with Crippen molar-refractivity contribution in [2.24, 2.45) is 0 Å². The fourth-order valence-corrected chi connectivity index (χ4v) is 2.48. The van der Waals surface area contributed by atoms with Gasteiger partial charge in [-0.25, -0.2) is 0 Å². The van der Waals surface area contributed by atoms with Crippen LogP contribution in [0.15, 0.2) is 30.4 Å². The van der Waals surface area contributed by atoms with Gasteiger partial charge in [-0.3, -0.25) is 4.79 Å². The van der Waals surface area contributed by atoms with Gasteiger partial charge in [-0.15, -0.1) is 0 Å². The van der Waals surface area contributed by atoms with E-state index in [9.17, 15) is 4.79 Å². The summed E-state index contributed by atoms with van der Waals surface area (Å²) < 4.78 is 10.5. The van der Waals surface area contributed by atoms with Gasteiger partial charge in [0.1, 0.15) is 0 Å². The summed E-state index contributed by atoms with van der Waals surface area (Å²) in [5, 5.41) is 2.91. The predicted octanol–water partition coefficient (Wildman–Crippen LogP) is 4.28. The maximum Gasteiger partial charge on any atom is 0.243 e. The highest BCUT2D eigenvalue weighted by Crippen LogP contribution is 2.27. The Labute approximate surface area is 146 Å². The molecule has 0 aliphatic heterocycles. The van der Waals surface area contributed by atoms with Gasteiger partial charge >= 0.3 is 0 Å². The van der Waals surface area contributed by atoms with Crippen molar-refractivity contribution >= 4 is 5.91 Å². The van der Waals surface area contributed by atoms with Gasteiger partial charge in [0.15, 0.2) is 11.5 Å². The molecule has 0 aliphatic rings. The number of hydrogen-bond donors (Lipinski definition) is 1. The van der Waals surface area contributed by atoms with E-state index in [0.717, 1.165) is 24.8 Å². The first kappa shape index (κ1) is 20.1. The Morgan fingerprint density at radius 3 is 2.54 bits per heavy atom. The number of ether oxygens (including phenoxy) is 2. The van der Waals surface area contributed by atoms with E-state index in [4.69, 9.17) is 9.47 Å². The molecule has 0 aliphatic carbocycles. The lowest BCUT2D eigenvalue weighted by Crippen LogP contribution is -2.23. The standard InChI is InChI=1S/C20H31NO3/c1-4-5-6-7-8-9-10-11-20(22)21-15-14-17-12-13-18(23-2)19(16-17)24-3/h10-13,16H,4-9,14-15H2,1-3H3,(H,21,22)/b11-10+. The maximum absolute atomic E-state index is 11.7. The van der Waals surface area contributed by atoms with Crippen LogP contribution in [0.1, 0.15) is 51.0 Å². The van der Waals surface area contributed by atoms with E-state index in [1.165, 1.54) is 25.7 Å². The Hall–Kier alpha value is -1.97. The lowest BCUT2D eigenvalue weighted by Gasteiger charge is -2.09. The van der Waals surface area contributed by atoms with Gasteiger partial charge in [-0.1, -0.05) is 44.7 Å². The Morgan fingerprint density at radius 2 is 1.83 bits per heavy atom. The molecule has 0 heterocycles. The van der Waals surface area contributed by atoms with Crippen LogP contribution in [0, 0.1) is 0 Å². The minimum atomic E-state index is -0.0240. The molecular formula is C20H31NO3. The number of methoxy groups -OCH3 is 2. The smallest absolute Gasteiger partial charge is 0.243 e. The van der Waals surface area contributed by atoms with Crippen LogP contribution in [0.3, 0.4) is 0 Å². The van der Waals surface area contributed by atoms with E-state index < -0.39 is 0 Å². The largest absolute Gasteiger partial charge is 0.493 e. The molecule has 24 heavy (non-hydrogen) atoms. The van der Waals surface area contributed by atoms with Crippen molar-refractivity contribution < 1.29 is 14.3 Å². The molecule has 0 unspecified atom stereocenters. The van der Waals surface area contributed by atoms with Gasteiger partial charge in [0.05, 0.1) is 14.2 Å². The molecule has 1 aromatic carbocycles. The van der Waals surface area contributed by atoms with Gasteiger partial charge in [0, 0.05) is 6.54 Å². The Kier molecular flexibility index (Phi) is 10.4. The highest BCUT2D eigenvalue weighted by molar-refractivity contribution is 5.87. The molecule has 0 saturated heterocycles. The number of rotatable bonds is 12. The third-order valence-electron chi connectivity index (χ3n) is 3.90. The first-order valence-corrected chi connectivity index (χ1v) is 8.86. The average Bonchev–Trinajstić information content (AvgIpc) is 2.60. The van der Waals surface area contributed by atoms with Crippen LogP contribution in [-0.4, -0.2) is 26.7 Å². The summed E-state index contributed by atoms with van der Waals surface area (Å²) in [7, 11) is 3.24. The molecule has 0 radical (unpaired) electrons. The molecule has 4 nitrogen and oxygen atoms in total. The van der Waals surface area contributed by atoms with E-state index in [1.54, 1.807) is 20.3 Å². The molecule has 1 rings (SSSR count). The van der Waals surface area contributed by atoms with Crippen LogP contribution in [0.25, 0.3) is 0 Å². The molecule has 0 aromatic heterocycles. The second kappa shape index (κ2) is 12.5. The predicted molar refractivity (Wildman–Crippen MR) is 98.8 cm³/mol. The molecule has 0 spiro atoms. The van der Waals surface area contributed by atoms with E-state index in [-0.39, 0.29) is 5.91 Å². The molecule has 0 fully saturated rings. The third-order valence-corrected chi connectivity index (χ3v) is 3.90. The lowest BCUT2D eigenvalue weighted by molar-refractivity contribution is -0.116. The Bertz CT molecular complexity index is 512. The number of allylic oxidation sites excluding steroid dienone is 1. The van der Waals surface area contributed by atoms with Crippen molar-refractivity contribution in [3.05, 3.63) is 35.9 Å². The minimum absolute atomic E-state index is 0.0240. The van der Waals surface area contributed by atoms with Gasteiger partial charge < -0.3 is 14.8 Å². The van der Waals surface area contributed by atoms with E-state index in [1.807, 2.05) is 24.3 Å². The fourth-order valence-electron chi connectivity index (χ4n) is 2.48. The van der Waals surface area contributed by atoms with Crippen molar-refractivity contribution in [1.29, 1.82) is 0 Å². The Morgan fingerprint density at radius 1 is 1.08 bits per heavy atom.